The highest BCUT2D eigenvalue weighted by Gasteiger charge is 2.19. The van der Waals surface area contributed by atoms with E-state index in [1.165, 1.54) is 12.3 Å². The Kier molecular flexibility index (Phi) is 6.85. The lowest BCUT2D eigenvalue weighted by molar-refractivity contribution is 0.0699. The van der Waals surface area contributed by atoms with Gasteiger partial charge in [-0.2, -0.15) is 0 Å². The molecule has 0 radical (unpaired) electrons. The number of rotatable bonds is 9. The molecule has 1 N–H and O–H groups in total. The number of hydrogen-bond donors (Lipinski definition) is 1. The van der Waals surface area contributed by atoms with E-state index in [0.29, 0.717) is 26.2 Å². The maximum atomic E-state index is 13.3. The third-order valence-corrected chi connectivity index (χ3v) is 3.56. The van der Waals surface area contributed by atoms with E-state index in [0.717, 1.165) is 6.07 Å². The Morgan fingerprint density at radius 1 is 1.37 bits per heavy atom. The number of aromatic nitrogens is 1. The van der Waals surface area contributed by atoms with Gasteiger partial charge >= 0.3 is 0 Å². The van der Waals surface area contributed by atoms with Crippen molar-refractivity contribution in [3.63, 3.8) is 0 Å². The number of pyridine rings is 1. The van der Waals surface area contributed by atoms with Gasteiger partial charge in [0.2, 0.25) is 5.03 Å². The number of nitrogens with one attached hydrogen (secondary N) is 1. The fourth-order valence-electron chi connectivity index (χ4n) is 1.26. The molecule has 0 saturated heterocycles. The summed E-state index contributed by atoms with van der Waals surface area (Å²) in [5.74, 6) is -0.869. The Labute approximate surface area is 112 Å². The molecule has 6 nitrogen and oxygen atoms in total. The molecule has 19 heavy (non-hydrogen) atoms. The van der Waals surface area contributed by atoms with E-state index in [4.69, 9.17) is 9.47 Å². The van der Waals surface area contributed by atoms with E-state index in [-0.39, 0.29) is 6.54 Å². The van der Waals surface area contributed by atoms with Gasteiger partial charge < -0.3 is 9.47 Å². The summed E-state index contributed by atoms with van der Waals surface area (Å²) in [5, 5.41) is -0.588. The van der Waals surface area contributed by atoms with Gasteiger partial charge in [-0.3, -0.25) is 0 Å². The van der Waals surface area contributed by atoms with Crippen molar-refractivity contribution in [3.8, 4) is 0 Å². The first kappa shape index (κ1) is 16.0. The summed E-state index contributed by atoms with van der Waals surface area (Å²) < 4.78 is 48.9. The summed E-state index contributed by atoms with van der Waals surface area (Å²) in [5.41, 5.74) is 0. The van der Waals surface area contributed by atoms with Crippen LogP contribution in [0.5, 0.6) is 0 Å². The normalized spacial score (nSPS) is 11.7. The number of halogens is 1. The van der Waals surface area contributed by atoms with Crippen LogP contribution in [0.15, 0.2) is 23.4 Å². The monoisotopic (exact) mass is 292 g/mol. The average molecular weight is 292 g/mol. The van der Waals surface area contributed by atoms with Crippen LogP contribution in [-0.2, 0) is 19.5 Å². The van der Waals surface area contributed by atoms with Gasteiger partial charge in [0.1, 0.15) is 0 Å². The van der Waals surface area contributed by atoms with Crippen molar-refractivity contribution in [1.82, 2.24) is 9.71 Å². The molecule has 108 valence electrons. The van der Waals surface area contributed by atoms with Crippen LogP contribution in [0.1, 0.15) is 6.42 Å². The molecule has 8 heteroatoms. The van der Waals surface area contributed by atoms with Gasteiger partial charge in [-0.25, -0.2) is 22.5 Å². The summed E-state index contributed by atoms with van der Waals surface area (Å²) >= 11 is 0. The molecule has 1 aromatic rings. The van der Waals surface area contributed by atoms with Gasteiger partial charge in [-0.1, -0.05) is 0 Å². The van der Waals surface area contributed by atoms with Crippen LogP contribution in [0.25, 0.3) is 0 Å². The topological polar surface area (TPSA) is 77.5 Å². The summed E-state index contributed by atoms with van der Waals surface area (Å²) in [6.07, 6.45) is 1.71. The third-order valence-electron chi connectivity index (χ3n) is 2.17. The Balaban J connectivity index is 2.34. The Morgan fingerprint density at radius 3 is 2.84 bits per heavy atom. The first-order valence-corrected chi connectivity index (χ1v) is 7.23. The van der Waals surface area contributed by atoms with Crippen LogP contribution < -0.4 is 4.72 Å². The number of methoxy groups -OCH3 is 1. The van der Waals surface area contributed by atoms with E-state index in [2.05, 4.69) is 9.71 Å². The molecule has 1 rings (SSSR count). The Bertz CT molecular complexity index is 481. The predicted molar refractivity (Wildman–Crippen MR) is 66.7 cm³/mol. The number of hydrogen-bond acceptors (Lipinski definition) is 5. The van der Waals surface area contributed by atoms with Gasteiger partial charge in [-0.15, -0.1) is 0 Å². The molecule has 0 aromatic carbocycles. The first-order valence-electron chi connectivity index (χ1n) is 5.75. The van der Waals surface area contributed by atoms with E-state index in [1.807, 2.05) is 0 Å². The molecule has 1 aromatic heterocycles. The lowest BCUT2D eigenvalue weighted by Gasteiger charge is -2.07. The number of nitrogens with zero attached hydrogens (tertiary/aromatic N) is 1. The summed E-state index contributed by atoms with van der Waals surface area (Å²) in [6, 6.07) is 2.38. The largest absolute Gasteiger partial charge is 0.382 e. The Hall–Kier alpha value is -1.09. The molecule has 0 aliphatic carbocycles. The summed E-state index contributed by atoms with van der Waals surface area (Å²) in [6.45, 7) is 1.50. The number of ether oxygens (including phenoxy) is 2. The molecular weight excluding hydrogens is 275 g/mol. The minimum atomic E-state index is -3.90. The van der Waals surface area contributed by atoms with Crippen LogP contribution in [0.3, 0.4) is 0 Å². The molecule has 1 heterocycles. The molecule has 0 aliphatic rings. The third kappa shape index (κ3) is 5.60. The Morgan fingerprint density at radius 2 is 2.16 bits per heavy atom. The van der Waals surface area contributed by atoms with E-state index < -0.39 is 20.9 Å². The van der Waals surface area contributed by atoms with Crippen LogP contribution in [0.2, 0.25) is 0 Å². The van der Waals surface area contributed by atoms with Crippen molar-refractivity contribution in [2.75, 3.05) is 33.5 Å². The summed E-state index contributed by atoms with van der Waals surface area (Å²) in [4.78, 5) is 3.52. The fourth-order valence-corrected chi connectivity index (χ4v) is 2.34. The van der Waals surface area contributed by atoms with Crippen molar-refractivity contribution in [3.05, 3.63) is 24.1 Å². The lowest BCUT2D eigenvalue weighted by Crippen LogP contribution is -2.27. The van der Waals surface area contributed by atoms with Crippen LogP contribution in [0, 0.1) is 5.82 Å². The quantitative estimate of drug-likeness (QED) is 0.673. The molecule has 0 aliphatic heterocycles. The molecule has 0 bridgehead atoms. The second-order valence-corrected chi connectivity index (χ2v) is 5.33. The lowest BCUT2D eigenvalue weighted by atomic mass is 10.5. The van der Waals surface area contributed by atoms with Crippen molar-refractivity contribution >= 4 is 10.0 Å². The van der Waals surface area contributed by atoms with Gasteiger partial charge in [0.05, 0.1) is 13.2 Å². The van der Waals surface area contributed by atoms with Gasteiger partial charge in [-0.05, 0) is 18.6 Å². The second-order valence-electron chi connectivity index (χ2n) is 3.65. The SMILES string of the molecule is COCCOCCCNS(=O)(=O)c1ncccc1F. The van der Waals surface area contributed by atoms with Gasteiger partial charge in [0, 0.05) is 26.5 Å². The van der Waals surface area contributed by atoms with E-state index in [9.17, 15) is 12.8 Å². The van der Waals surface area contributed by atoms with Crippen molar-refractivity contribution in [2.45, 2.75) is 11.4 Å². The molecule has 0 atom stereocenters. The molecular formula is C11H17FN2O4S. The van der Waals surface area contributed by atoms with E-state index in [1.54, 1.807) is 7.11 Å². The smallest absolute Gasteiger partial charge is 0.261 e. The first-order chi connectivity index (χ1) is 9.08. The number of sulfonamides is 1. The zero-order valence-electron chi connectivity index (χ0n) is 10.6. The van der Waals surface area contributed by atoms with Gasteiger partial charge in [0.25, 0.3) is 10.0 Å². The molecule has 0 amide bonds. The predicted octanol–water partition coefficient (Wildman–Crippen LogP) is 0.552. The highest BCUT2D eigenvalue weighted by Crippen LogP contribution is 2.09. The van der Waals surface area contributed by atoms with Crippen LogP contribution >= 0.6 is 0 Å². The minimum absolute atomic E-state index is 0.158. The fraction of sp³-hybridized carbons (Fsp3) is 0.545. The molecule has 0 fully saturated rings. The van der Waals surface area contributed by atoms with Crippen LogP contribution in [0.4, 0.5) is 4.39 Å². The average Bonchev–Trinajstić information content (AvgIpc) is 2.38. The van der Waals surface area contributed by atoms with Gasteiger partial charge in [0.15, 0.2) is 5.82 Å². The van der Waals surface area contributed by atoms with Crippen molar-refractivity contribution in [1.29, 1.82) is 0 Å². The maximum Gasteiger partial charge on any atom is 0.261 e. The molecule has 0 unspecified atom stereocenters. The maximum absolute atomic E-state index is 13.3. The minimum Gasteiger partial charge on any atom is -0.382 e. The van der Waals surface area contributed by atoms with Crippen molar-refractivity contribution < 1.29 is 22.3 Å². The standard InChI is InChI=1S/C11H17FN2O4S/c1-17-8-9-18-7-3-6-14-19(15,16)11-10(12)4-2-5-13-11/h2,4-5,14H,3,6-9H2,1H3. The van der Waals surface area contributed by atoms with Crippen LogP contribution in [-0.4, -0.2) is 46.9 Å². The highest BCUT2D eigenvalue weighted by molar-refractivity contribution is 7.89. The molecule has 0 saturated carbocycles. The highest BCUT2D eigenvalue weighted by atomic mass is 32.2. The van der Waals surface area contributed by atoms with E-state index >= 15 is 0 Å². The zero-order chi connectivity index (χ0) is 14.1. The summed E-state index contributed by atoms with van der Waals surface area (Å²) in [7, 11) is -2.34. The second kappa shape index (κ2) is 8.16. The van der Waals surface area contributed by atoms with Crippen molar-refractivity contribution in [2.24, 2.45) is 0 Å². The zero-order valence-corrected chi connectivity index (χ0v) is 11.5. The molecule has 0 spiro atoms.